The van der Waals surface area contributed by atoms with Crippen molar-refractivity contribution in [3.63, 3.8) is 0 Å². The molecule has 1 aromatic rings. The van der Waals surface area contributed by atoms with Crippen LogP contribution >= 0.6 is 0 Å². The van der Waals surface area contributed by atoms with Crippen LogP contribution in [0.5, 0.6) is 0 Å². The summed E-state index contributed by atoms with van der Waals surface area (Å²) in [6, 6.07) is 0. The summed E-state index contributed by atoms with van der Waals surface area (Å²) < 4.78 is 0. The van der Waals surface area contributed by atoms with Gasteiger partial charge in [0.05, 0.1) is 11.9 Å². The molecular weight excluding hydrogens is 120 g/mol. The van der Waals surface area contributed by atoms with Crippen LogP contribution in [0.1, 0.15) is 16.1 Å². The Morgan fingerprint density at radius 3 is 2.78 bits per heavy atom. The molecular formula is C5H5N2O2. The Labute approximate surface area is 51.5 Å². The summed E-state index contributed by atoms with van der Waals surface area (Å²) in [7, 11) is 0. The molecule has 0 fully saturated rings. The highest BCUT2D eigenvalue weighted by Crippen LogP contribution is 1.99. The van der Waals surface area contributed by atoms with Crippen molar-refractivity contribution in [2.75, 3.05) is 0 Å². The van der Waals surface area contributed by atoms with E-state index in [1.54, 1.807) is 6.92 Å². The van der Waals surface area contributed by atoms with Crippen molar-refractivity contribution in [3.05, 3.63) is 17.5 Å². The lowest BCUT2D eigenvalue weighted by Crippen LogP contribution is -1.95. The number of aromatic carboxylic acids is 1. The Hall–Kier alpha value is -1.32. The molecule has 0 bridgehead atoms. The first-order chi connectivity index (χ1) is 4.22. The maximum atomic E-state index is 10.2. The number of carbonyl (C=O) groups is 1. The van der Waals surface area contributed by atoms with E-state index < -0.39 is 5.97 Å². The molecule has 0 saturated heterocycles. The van der Waals surface area contributed by atoms with Gasteiger partial charge in [-0.15, -0.1) is 0 Å². The van der Waals surface area contributed by atoms with Crippen LogP contribution in [0.3, 0.4) is 0 Å². The molecule has 2 N–H and O–H groups in total. The van der Waals surface area contributed by atoms with Gasteiger partial charge in [-0.25, -0.2) is 4.79 Å². The lowest BCUT2D eigenvalue weighted by atomic mass is 10.3. The second kappa shape index (κ2) is 1.89. The van der Waals surface area contributed by atoms with Crippen molar-refractivity contribution in [1.82, 2.24) is 10.2 Å². The summed E-state index contributed by atoms with van der Waals surface area (Å²) in [5.41, 5.74) is 0.567. The molecule has 1 heterocycles. The van der Waals surface area contributed by atoms with Crippen LogP contribution in [-0.4, -0.2) is 21.3 Å². The largest absolute Gasteiger partial charge is 0.478 e. The van der Waals surface area contributed by atoms with Crippen molar-refractivity contribution in [2.45, 2.75) is 6.92 Å². The predicted molar refractivity (Wildman–Crippen MR) is 29.1 cm³/mol. The van der Waals surface area contributed by atoms with Crippen LogP contribution < -0.4 is 0 Å². The molecule has 0 atom stereocenters. The van der Waals surface area contributed by atoms with Gasteiger partial charge in [0, 0.05) is 0 Å². The number of carboxylic acid groups (broad SMARTS) is 1. The molecule has 0 spiro atoms. The Morgan fingerprint density at radius 1 is 1.89 bits per heavy atom. The van der Waals surface area contributed by atoms with Gasteiger partial charge >= 0.3 is 5.97 Å². The van der Waals surface area contributed by atoms with Gasteiger partial charge in [-0.2, -0.15) is 5.10 Å². The van der Waals surface area contributed by atoms with Crippen molar-refractivity contribution in [1.29, 1.82) is 0 Å². The first kappa shape index (κ1) is 5.81. The molecule has 1 radical (unpaired) electrons. The van der Waals surface area contributed by atoms with Crippen molar-refractivity contribution in [3.8, 4) is 0 Å². The van der Waals surface area contributed by atoms with Crippen molar-refractivity contribution >= 4 is 5.97 Å². The number of H-pyrrole nitrogens is 1. The van der Waals surface area contributed by atoms with Crippen LogP contribution in [0, 0.1) is 13.1 Å². The van der Waals surface area contributed by atoms with Crippen LogP contribution in [0.25, 0.3) is 0 Å². The van der Waals surface area contributed by atoms with E-state index in [0.717, 1.165) is 0 Å². The number of aromatic nitrogens is 2. The van der Waals surface area contributed by atoms with Gasteiger partial charge in [-0.3, -0.25) is 5.10 Å². The van der Waals surface area contributed by atoms with Gasteiger partial charge in [-0.1, -0.05) is 0 Å². The number of hydrogen-bond acceptors (Lipinski definition) is 2. The Morgan fingerprint density at radius 2 is 2.56 bits per heavy atom. The minimum atomic E-state index is -0.999. The zero-order valence-electron chi connectivity index (χ0n) is 4.80. The van der Waals surface area contributed by atoms with Gasteiger partial charge in [-0.05, 0) is 6.92 Å². The molecule has 0 saturated carbocycles. The summed E-state index contributed by atoms with van der Waals surface area (Å²) in [5.74, 6) is -0.999. The van der Waals surface area contributed by atoms with Crippen LogP contribution in [0.2, 0.25) is 0 Å². The molecule has 47 valence electrons. The lowest BCUT2D eigenvalue weighted by molar-refractivity contribution is 0.0696. The predicted octanol–water partition coefficient (Wildman–Crippen LogP) is 0.217. The van der Waals surface area contributed by atoms with E-state index in [1.165, 1.54) is 0 Å². The number of nitrogens with one attached hydrogen (secondary N) is 1. The van der Waals surface area contributed by atoms with E-state index in [9.17, 15) is 4.79 Å². The first-order valence-corrected chi connectivity index (χ1v) is 2.37. The molecule has 0 unspecified atom stereocenters. The molecule has 0 aliphatic rings. The molecule has 0 aliphatic carbocycles. The second-order valence-corrected chi connectivity index (χ2v) is 1.61. The SMILES string of the molecule is Cc1n[nH][c]c1C(=O)O. The average Bonchev–Trinajstić information content (AvgIpc) is 2.13. The molecule has 1 rings (SSSR count). The standard InChI is InChI=1S/C5H5N2O2/c1-3-4(5(8)9)2-6-7-3/h1H3,(H,6,7)(H,8,9). The van der Waals surface area contributed by atoms with E-state index in [0.29, 0.717) is 5.69 Å². The third-order valence-electron chi connectivity index (χ3n) is 0.980. The van der Waals surface area contributed by atoms with E-state index in [1.807, 2.05) is 0 Å². The molecule has 1 aromatic heterocycles. The summed E-state index contributed by atoms with van der Waals surface area (Å²) in [6.45, 7) is 1.61. The van der Waals surface area contributed by atoms with Gasteiger partial charge in [0.25, 0.3) is 0 Å². The monoisotopic (exact) mass is 125 g/mol. The van der Waals surface area contributed by atoms with Gasteiger partial charge in [0.15, 0.2) is 0 Å². The van der Waals surface area contributed by atoms with E-state index in [4.69, 9.17) is 5.11 Å². The van der Waals surface area contributed by atoms with Crippen molar-refractivity contribution in [2.24, 2.45) is 0 Å². The number of aryl methyl sites for hydroxylation is 1. The maximum absolute atomic E-state index is 10.2. The third-order valence-corrected chi connectivity index (χ3v) is 0.980. The molecule has 9 heavy (non-hydrogen) atoms. The Balaban J connectivity index is 3.08. The van der Waals surface area contributed by atoms with Crippen LogP contribution in [0.4, 0.5) is 0 Å². The second-order valence-electron chi connectivity index (χ2n) is 1.61. The molecule has 4 nitrogen and oxygen atoms in total. The quantitative estimate of drug-likeness (QED) is 0.564. The number of hydrogen-bond donors (Lipinski definition) is 2. The summed E-state index contributed by atoms with van der Waals surface area (Å²) in [4.78, 5) is 10.2. The smallest absolute Gasteiger partial charge is 0.339 e. The molecule has 0 aliphatic heterocycles. The fourth-order valence-electron chi connectivity index (χ4n) is 0.522. The zero-order chi connectivity index (χ0) is 6.85. The first-order valence-electron chi connectivity index (χ1n) is 2.37. The maximum Gasteiger partial charge on any atom is 0.339 e. The highest BCUT2D eigenvalue weighted by molar-refractivity contribution is 5.88. The average molecular weight is 125 g/mol. The highest BCUT2D eigenvalue weighted by atomic mass is 16.4. The minimum Gasteiger partial charge on any atom is -0.478 e. The Bertz CT molecular complexity index is 229. The molecule has 4 heteroatoms. The summed E-state index contributed by atoms with van der Waals surface area (Å²) in [6.07, 6.45) is 2.37. The fraction of sp³-hybridized carbons (Fsp3) is 0.200. The molecule has 0 aromatic carbocycles. The number of carboxylic acids is 1. The van der Waals surface area contributed by atoms with Gasteiger partial charge < -0.3 is 5.11 Å². The van der Waals surface area contributed by atoms with Crippen molar-refractivity contribution < 1.29 is 9.90 Å². The van der Waals surface area contributed by atoms with Crippen LogP contribution in [-0.2, 0) is 0 Å². The number of aromatic amines is 1. The zero-order valence-corrected chi connectivity index (χ0v) is 4.80. The summed E-state index contributed by atoms with van der Waals surface area (Å²) in [5, 5.41) is 14.3. The molecule has 0 amide bonds. The minimum absolute atomic E-state index is 0.106. The highest BCUT2D eigenvalue weighted by Gasteiger charge is 2.07. The van der Waals surface area contributed by atoms with Gasteiger partial charge in [0.2, 0.25) is 0 Å². The lowest BCUT2D eigenvalue weighted by Gasteiger charge is -1.83. The van der Waals surface area contributed by atoms with E-state index in [2.05, 4.69) is 16.4 Å². The number of rotatable bonds is 1. The summed E-state index contributed by atoms with van der Waals surface area (Å²) >= 11 is 0. The Kier molecular flexibility index (Phi) is 1.22. The topological polar surface area (TPSA) is 66.0 Å². The van der Waals surface area contributed by atoms with Crippen LogP contribution in [0.15, 0.2) is 0 Å². The normalized spacial score (nSPS) is 9.44. The fourth-order valence-corrected chi connectivity index (χ4v) is 0.522. The third kappa shape index (κ3) is 0.910. The van der Waals surface area contributed by atoms with Gasteiger partial charge in [0.1, 0.15) is 5.56 Å². The number of nitrogens with zero attached hydrogens (tertiary/aromatic N) is 1. The van der Waals surface area contributed by atoms with E-state index >= 15 is 0 Å². The van der Waals surface area contributed by atoms with E-state index in [-0.39, 0.29) is 5.56 Å².